The summed E-state index contributed by atoms with van der Waals surface area (Å²) in [5.41, 5.74) is 0. The molecule has 0 aliphatic carbocycles. The summed E-state index contributed by atoms with van der Waals surface area (Å²) in [4.78, 5) is 20.2. The van der Waals surface area contributed by atoms with Crippen LogP contribution in [0.3, 0.4) is 0 Å². The number of carbonyl (C=O) groups excluding carboxylic acids is 1. The van der Waals surface area contributed by atoms with Gasteiger partial charge in [-0.15, -0.1) is 0 Å². The number of carbonyl (C=O) groups is 1. The molecule has 1 fully saturated rings. The lowest BCUT2D eigenvalue weighted by Gasteiger charge is -2.30. The van der Waals surface area contributed by atoms with E-state index < -0.39 is 10.0 Å². The molecule has 1 aromatic heterocycles. The molecule has 0 unspecified atom stereocenters. The number of likely N-dealkylation sites (N-methyl/N-ethyl adjacent to an activating group) is 1. The number of piperazine rings is 1. The van der Waals surface area contributed by atoms with E-state index in [4.69, 9.17) is 11.6 Å². The van der Waals surface area contributed by atoms with E-state index in [9.17, 15) is 13.2 Å². The second-order valence-corrected chi connectivity index (χ2v) is 6.12. The van der Waals surface area contributed by atoms with Crippen LogP contribution in [0.5, 0.6) is 0 Å². The predicted octanol–water partition coefficient (Wildman–Crippen LogP) is -0.407. The van der Waals surface area contributed by atoms with Gasteiger partial charge in [0.15, 0.2) is 0 Å². The molecule has 1 saturated heterocycles. The van der Waals surface area contributed by atoms with Crippen LogP contribution in [0.4, 0.5) is 0 Å². The summed E-state index contributed by atoms with van der Waals surface area (Å²) in [7, 11) is -2.10. The molecule has 0 saturated carbocycles. The van der Waals surface area contributed by atoms with Crippen molar-refractivity contribution in [2.24, 2.45) is 0 Å². The van der Waals surface area contributed by atoms with Gasteiger partial charge in [-0.2, -0.15) is 4.31 Å². The molecule has 7 nitrogen and oxygen atoms in total. The van der Waals surface area contributed by atoms with E-state index in [-0.39, 0.29) is 29.2 Å². The number of halogens is 1. The van der Waals surface area contributed by atoms with Crippen LogP contribution in [0.25, 0.3) is 0 Å². The lowest BCUT2D eigenvalue weighted by molar-refractivity contribution is -0.132. The number of sulfonamides is 1. The van der Waals surface area contributed by atoms with E-state index in [1.54, 1.807) is 7.05 Å². The summed E-state index contributed by atoms with van der Waals surface area (Å²) < 4.78 is 25.5. The summed E-state index contributed by atoms with van der Waals surface area (Å²) in [5.74, 6) is -0.236. The fraction of sp³-hybridized carbons (Fsp3) is 0.444. The zero-order chi connectivity index (χ0) is 13.3. The molecule has 2 heterocycles. The standard InChI is InChI=1S/C9H11ClN4O3S/c1-13-2-3-14(6-8(13)15)18(16,17)7-4-11-9(10)12-5-7/h4-5H,2-3,6H2,1H3. The van der Waals surface area contributed by atoms with E-state index in [2.05, 4.69) is 9.97 Å². The van der Waals surface area contributed by atoms with Gasteiger partial charge in [-0.3, -0.25) is 4.79 Å². The van der Waals surface area contributed by atoms with Crippen LogP contribution in [0, 0.1) is 0 Å². The monoisotopic (exact) mass is 290 g/mol. The summed E-state index contributed by atoms with van der Waals surface area (Å²) >= 11 is 5.50. The quantitative estimate of drug-likeness (QED) is 0.692. The first-order valence-electron chi connectivity index (χ1n) is 5.13. The Kier molecular flexibility index (Phi) is 3.51. The molecule has 0 spiro atoms. The van der Waals surface area contributed by atoms with Crippen LogP contribution in [0.15, 0.2) is 17.3 Å². The summed E-state index contributed by atoms with van der Waals surface area (Å²) in [6.45, 7) is 0.459. The third-order valence-electron chi connectivity index (χ3n) is 2.66. The Morgan fingerprint density at radius 1 is 1.28 bits per heavy atom. The Hall–Kier alpha value is -1.25. The Balaban J connectivity index is 2.26. The fourth-order valence-electron chi connectivity index (χ4n) is 1.52. The Bertz CT molecular complexity index is 560. The van der Waals surface area contributed by atoms with Gasteiger partial charge in [0.05, 0.1) is 18.9 Å². The highest BCUT2D eigenvalue weighted by atomic mass is 35.5. The van der Waals surface area contributed by atoms with E-state index in [1.807, 2.05) is 0 Å². The van der Waals surface area contributed by atoms with Crippen molar-refractivity contribution in [3.63, 3.8) is 0 Å². The first-order chi connectivity index (χ1) is 8.41. The number of nitrogens with zero attached hydrogens (tertiary/aromatic N) is 4. The summed E-state index contributed by atoms with van der Waals surface area (Å²) in [6.07, 6.45) is 2.26. The van der Waals surface area contributed by atoms with E-state index in [0.717, 1.165) is 16.7 Å². The van der Waals surface area contributed by atoms with Gasteiger partial charge in [0, 0.05) is 20.1 Å². The molecule has 0 N–H and O–H groups in total. The molecule has 1 aromatic rings. The molecule has 0 atom stereocenters. The molecule has 0 aromatic carbocycles. The van der Waals surface area contributed by atoms with E-state index in [1.165, 1.54) is 4.90 Å². The highest BCUT2D eigenvalue weighted by molar-refractivity contribution is 7.89. The fourth-order valence-corrected chi connectivity index (χ4v) is 2.89. The Labute approximate surface area is 109 Å². The normalized spacial score (nSPS) is 18.1. The average Bonchev–Trinajstić information content (AvgIpc) is 2.33. The zero-order valence-corrected chi connectivity index (χ0v) is 11.1. The van der Waals surface area contributed by atoms with Crippen molar-refractivity contribution >= 4 is 27.5 Å². The minimum atomic E-state index is -3.73. The Morgan fingerprint density at radius 2 is 1.89 bits per heavy atom. The van der Waals surface area contributed by atoms with Crippen LogP contribution in [-0.4, -0.2) is 60.2 Å². The molecule has 2 rings (SSSR count). The maximum atomic E-state index is 12.2. The van der Waals surface area contributed by atoms with Crippen molar-refractivity contribution < 1.29 is 13.2 Å². The molecular weight excluding hydrogens is 280 g/mol. The molecule has 9 heteroatoms. The minimum Gasteiger partial charge on any atom is -0.343 e. The zero-order valence-electron chi connectivity index (χ0n) is 9.58. The lowest BCUT2D eigenvalue weighted by atomic mass is 10.4. The maximum Gasteiger partial charge on any atom is 0.246 e. The predicted molar refractivity (Wildman–Crippen MR) is 63.4 cm³/mol. The van der Waals surface area contributed by atoms with Crippen molar-refractivity contribution in [1.82, 2.24) is 19.2 Å². The molecule has 1 aliphatic heterocycles. The van der Waals surface area contributed by atoms with Gasteiger partial charge in [-0.25, -0.2) is 18.4 Å². The number of hydrogen-bond acceptors (Lipinski definition) is 5. The smallest absolute Gasteiger partial charge is 0.246 e. The van der Waals surface area contributed by atoms with Crippen LogP contribution in [0.1, 0.15) is 0 Å². The molecule has 98 valence electrons. The van der Waals surface area contributed by atoms with Crippen molar-refractivity contribution in [1.29, 1.82) is 0 Å². The van der Waals surface area contributed by atoms with Crippen molar-refractivity contribution in [3.05, 3.63) is 17.7 Å². The lowest BCUT2D eigenvalue weighted by Crippen LogP contribution is -2.50. The highest BCUT2D eigenvalue weighted by Crippen LogP contribution is 2.16. The maximum absolute atomic E-state index is 12.2. The molecular formula is C9H11ClN4O3S. The van der Waals surface area contributed by atoms with Crippen LogP contribution < -0.4 is 0 Å². The second kappa shape index (κ2) is 4.79. The van der Waals surface area contributed by atoms with E-state index in [0.29, 0.717) is 6.54 Å². The SMILES string of the molecule is CN1CCN(S(=O)(=O)c2cnc(Cl)nc2)CC1=O. The van der Waals surface area contributed by atoms with Gasteiger partial charge in [0.2, 0.25) is 21.2 Å². The van der Waals surface area contributed by atoms with Gasteiger partial charge in [-0.05, 0) is 11.6 Å². The first kappa shape index (κ1) is 13.2. The molecule has 0 bridgehead atoms. The van der Waals surface area contributed by atoms with Gasteiger partial charge < -0.3 is 4.90 Å². The third-order valence-corrected chi connectivity index (χ3v) is 4.65. The summed E-state index contributed by atoms with van der Waals surface area (Å²) in [5, 5.41) is -0.0246. The number of aromatic nitrogens is 2. The number of rotatable bonds is 2. The highest BCUT2D eigenvalue weighted by Gasteiger charge is 2.31. The molecule has 1 aliphatic rings. The molecule has 0 radical (unpaired) electrons. The van der Waals surface area contributed by atoms with Crippen molar-refractivity contribution in [3.8, 4) is 0 Å². The third kappa shape index (κ3) is 2.45. The van der Waals surface area contributed by atoms with E-state index >= 15 is 0 Å². The van der Waals surface area contributed by atoms with Gasteiger partial charge in [-0.1, -0.05) is 0 Å². The van der Waals surface area contributed by atoms with Crippen LogP contribution >= 0.6 is 11.6 Å². The minimum absolute atomic E-state index is 0.0246. The Morgan fingerprint density at radius 3 is 2.44 bits per heavy atom. The van der Waals surface area contributed by atoms with Crippen LogP contribution in [0.2, 0.25) is 5.28 Å². The summed E-state index contributed by atoms with van der Waals surface area (Å²) in [6, 6.07) is 0. The average molecular weight is 291 g/mol. The van der Waals surface area contributed by atoms with Crippen molar-refractivity contribution in [2.45, 2.75) is 4.90 Å². The largest absolute Gasteiger partial charge is 0.343 e. The first-order valence-corrected chi connectivity index (χ1v) is 6.95. The second-order valence-electron chi connectivity index (χ2n) is 3.84. The number of amides is 1. The molecule has 1 amide bonds. The number of hydrogen-bond donors (Lipinski definition) is 0. The van der Waals surface area contributed by atoms with Gasteiger partial charge in [0.25, 0.3) is 0 Å². The van der Waals surface area contributed by atoms with Gasteiger partial charge >= 0.3 is 0 Å². The van der Waals surface area contributed by atoms with Gasteiger partial charge in [0.1, 0.15) is 4.90 Å². The van der Waals surface area contributed by atoms with Crippen molar-refractivity contribution in [2.75, 3.05) is 26.7 Å². The topological polar surface area (TPSA) is 83.5 Å². The molecule has 18 heavy (non-hydrogen) atoms. The van der Waals surface area contributed by atoms with Crippen LogP contribution in [-0.2, 0) is 14.8 Å².